The number of hydrogen-bond donors (Lipinski definition) is 1. The number of thioether (sulfide) groups is 1. The van der Waals surface area contributed by atoms with Gasteiger partial charge < -0.3 is 10.6 Å². The monoisotopic (exact) mass is 312 g/mol. The van der Waals surface area contributed by atoms with Crippen LogP contribution in [0.4, 0.5) is 0 Å². The summed E-state index contributed by atoms with van der Waals surface area (Å²) in [6.45, 7) is 0. The molecule has 1 amide bonds. The largest absolute Gasteiger partial charge is 0.335 e. The summed E-state index contributed by atoms with van der Waals surface area (Å²) in [5, 5.41) is 0. The molecule has 0 aromatic rings. The van der Waals surface area contributed by atoms with Crippen LogP contribution in [0.2, 0.25) is 0 Å². The predicted molar refractivity (Wildman–Crippen MR) is 91.6 cm³/mol. The molecule has 0 aromatic carbocycles. The zero-order valence-corrected chi connectivity index (χ0v) is 14.4. The Labute approximate surface area is 134 Å². The van der Waals surface area contributed by atoms with Crippen molar-refractivity contribution < 1.29 is 4.79 Å². The van der Waals surface area contributed by atoms with Crippen molar-refractivity contribution in [3.8, 4) is 0 Å². The van der Waals surface area contributed by atoms with E-state index in [1.165, 1.54) is 64.2 Å². The molecule has 0 heterocycles. The van der Waals surface area contributed by atoms with Gasteiger partial charge in [-0.05, 0) is 44.1 Å². The average molecular weight is 313 g/mol. The summed E-state index contributed by atoms with van der Waals surface area (Å²) >= 11 is 1.78. The Bertz CT molecular complexity index is 294. The molecule has 0 aliphatic heterocycles. The second-order valence-electron chi connectivity index (χ2n) is 6.72. The van der Waals surface area contributed by atoms with Crippen LogP contribution in [0.5, 0.6) is 0 Å². The summed E-state index contributed by atoms with van der Waals surface area (Å²) in [6.07, 6.45) is 15.4. The summed E-state index contributed by atoms with van der Waals surface area (Å²) in [6, 6.07) is 0.644. The van der Waals surface area contributed by atoms with Crippen LogP contribution in [0.15, 0.2) is 0 Å². The molecule has 2 aliphatic carbocycles. The van der Waals surface area contributed by atoms with Gasteiger partial charge in [-0.15, -0.1) is 0 Å². The molecule has 0 unspecified atom stereocenters. The molecule has 2 saturated carbocycles. The number of carbonyl (C=O) groups excluding carboxylic acids is 1. The molecule has 21 heavy (non-hydrogen) atoms. The molecule has 0 aromatic heterocycles. The normalized spacial score (nSPS) is 23.0. The van der Waals surface area contributed by atoms with E-state index in [1.807, 2.05) is 0 Å². The molecule has 3 nitrogen and oxygen atoms in total. The van der Waals surface area contributed by atoms with Crippen molar-refractivity contribution >= 4 is 17.7 Å². The van der Waals surface area contributed by atoms with E-state index in [2.05, 4.69) is 11.2 Å². The third-order valence-electron chi connectivity index (χ3n) is 5.14. The third kappa shape index (κ3) is 4.88. The predicted octanol–water partition coefficient (Wildman–Crippen LogP) is 3.56. The summed E-state index contributed by atoms with van der Waals surface area (Å²) < 4.78 is 0. The Morgan fingerprint density at radius 2 is 1.52 bits per heavy atom. The lowest BCUT2D eigenvalue weighted by molar-refractivity contribution is -0.139. The number of hydrogen-bond acceptors (Lipinski definition) is 3. The van der Waals surface area contributed by atoms with Gasteiger partial charge in [0.1, 0.15) is 0 Å². The van der Waals surface area contributed by atoms with E-state index in [1.54, 1.807) is 11.8 Å². The van der Waals surface area contributed by atoms with Crippen molar-refractivity contribution in [2.45, 2.75) is 88.8 Å². The van der Waals surface area contributed by atoms with E-state index in [0.717, 1.165) is 12.2 Å². The van der Waals surface area contributed by atoms with Crippen LogP contribution < -0.4 is 5.73 Å². The summed E-state index contributed by atoms with van der Waals surface area (Å²) in [4.78, 5) is 15.2. The minimum absolute atomic E-state index is 0.239. The highest BCUT2D eigenvalue weighted by Crippen LogP contribution is 2.30. The van der Waals surface area contributed by atoms with Crippen molar-refractivity contribution in [3.05, 3.63) is 0 Å². The third-order valence-corrected chi connectivity index (χ3v) is 5.78. The lowest BCUT2D eigenvalue weighted by Gasteiger charge is -2.43. The zero-order chi connectivity index (χ0) is 15.1. The molecule has 2 rings (SSSR count). The van der Waals surface area contributed by atoms with Crippen molar-refractivity contribution in [1.29, 1.82) is 0 Å². The number of rotatable bonds is 6. The number of nitrogens with two attached hydrogens (primary N) is 1. The van der Waals surface area contributed by atoms with E-state index in [-0.39, 0.29) is 11.9 Å². The summed E-state index contributed by atoms with van der Waals surface area (Å²) in [5.41, 5.74) is 6.21. The first kappa shape index (κ1) is 17.1. The first-order valence-corrected chi connectivity index (χ1v) is 10.2. The van der Waals surface area contributed by atoms with Crippen LogP contribution >= 0.6 is 11.8 Å². The molecular formula is C17H32N2OS. The molecule has 0 spiro atoms. The van der Waals surface area contributed by atoms with E-state index < -0.39 is 0 Å². The number of carbonyl (C=O) groups is 1. The average Bonchev–Trinajstić information content (AvgIpc) is 2.54. The Kier molecular flexibility index (Phi) is 7.38. The van der Waals surface area contributed by atoms with Crippen LogP contribution in [0.3, 0.4) is 0 Å². The molecule has 1 atom stereocenters. The first-order valence-electron chi connectivity index (χ1n) is 8.80. The SMILES string of the molecule is CSCC[C@H](N)C(=O)N(C1CCCCC1)C1CCCCC1. The molecular weight excluding hydrogens is 280 g/mol. The molecule has 0 radical (unpaired) electrons. The van der Waals surface area contributed by atoms with E-state index >= 15 is 0 Å². The van der Waals surface area contributed by atoms with Crippen LogP contribution in [-0.2, 0) is 4.79 Å². The fourth-order valence-electron chi connectivity index (χ4n) is 3.94. The van der Waals surface area contributed by atoms with E-state index in [4.69, 9.17) is 5.73 Å². The molecule has 0 saturated heterocycles. The van der Waals surface area contributed by atoms with Gasteiger partial charge >= 0.3 is 0 Å². The van der Waals surface area contributed by atoms with Gasteiger partial charge in [0.25, 0.3) is 0 Å². The van der Waals surface area contributed by atoms with Gasteiger partial charge in [-0.1, -0.05) is 38.5 Å². The van der Waals surface area contributed by atoms with Gasteiger partial charge in [0.05, 0.1) is 6.04 Å². The molecule has 122 valence electrons. The molecule has 2 N–H and O–H groups in total. The number of amides is 1. The second kappa shape index (κ2) is 9.04. The highest BCUT2D eigenvalue weighted by atomic mass is 32.2. The number of nitrogens with zero attached hydrogens (tertiary/aromatic N) is 1. The van der Waals surface area contributed by atoms with Crippen LogP contribution in [0.1, 0.15) is 70.6 Å². The lowest BCUT2D eigenvalue weighted by atomic mass is 9.88. The van der Waals surface area contributed by atoms with Crippen LogP contribution in [-0.4, -0.2) is 40.9 Å². The van der Waals surface area contributed by atoms with Crippen molar-refractivity contribution in [1.82, 2.24) is 4.90 Å². The van der Waals surface area contributed by atoms with E-state index in [9.17, 15) is 4.79 Å². The van der Waals surface area contributed by atoms with Gasteiger partial charge in [0, 0.05) is 12.1 Å². The summed E-state index contributed by atoms with van der Waals surface area (Å²) in [5.74, 6) is 1.22. The standard InChI is InChI=1S/C17H32N2OS/c1-21-13-12-16(18)17(20)19(14-8-4-2-5-9-14)15-10-6-3-7-11-15/h14-16H,2-13,18H2,1H3/t16-/m0/s1. The zero-order valence-electron chi connectivity index (χ0n) is 13.6. The maximum atomic E-state index is 12.9. The first-order chi connectivity index (χ1) is 10.2. The summed E-state index contributed by atoms with van der Waals surface area (Å²) in [7, 11) is 0. The van der Waals surface area contributed by atoms with Gasteiger partial charge in [-0.2, -0.15) is 11.8 Å². The van der Waals surface area contributed by atoms with Crippen molar-refractivity contribution in [2.75, 3.05) is 12.0 Å². The van der Waals surface area contributed by atoms with Gasteiger partial charge in [-0.3, -0.25) is 4.79 Å². The molecule has 4 heteroatoms. The Morgan fingerprint density at radius 1 is 1.05 bits per heavy atom. The lowest BCUT2D eigenvalue weighted by Crippen LogP contribution is -2.54. The van der Waals surface area contributed by atoms with Gasteiger partial charge in [-0.25, -0.2) is 0 Å². The van der Waals surface area contributed by atoms with Crippen LogP contribution in [0, 0.1) is 0 Å². The smallest absolute Gasteiger partial charge is 0.240 e. The van der Waals surface area contributed by atoms with E-state index in [0.29, 0.717) is 12.1 Å². The minimum Gasteiger partial charge on any atom is -0.335 e. The van der Waals surface area contributed by atoms with Gasteiger partial charge in [0.15, 0.2) is 0 Å². The Balaban J connectivity index is 2.03. The van der Waals surface area contributed by atoms with Crippen molar-refractivity contribution in [2.24, 2.45) is 5.73 Å². The molecule has 2 fully saturated rings. The highest BCUT2D eigenvalue weighted by Gasteiger charge is 2.34. The second-order valence-corrected chi connectivity index (χ2v) is 7.70. The Hall–Kier alpha value is -0.220. The van der Waals surface area contributed by atoms with Crippen molar-refractivity contribution in [3.63, 3.8) is 0 Å². The van der Waals surface area contributed by atoms with Gasteiger partial charge in [0.2, 0.25) is 5.91 Å². The quantitative estimate of drug-likeness (QED) is 0.815. The molecule has 0 bridgehead atoms. The minimum atomic E-state index is -0.290. The van der Waals surface area contributed by atoms with Crippen LogP contribution in [0.25, 0.3) is 0 Å². The Morgan fingerprint density at radius 3 is 1.95 bits per heavy atom. The fourth-order valence-corrected chi connectivity index (χ4v) is 4.43. The fraction of sp³-hybridized carbons (Fsp3) is 0.941. The topological polar surface area (TPSA) is 46.3 Å². The highest BCUT2D eigenvalue weighted by molar-refractivity contribution is 7.98. The molecule has 2 aliphatic rings. The maximum Gasteiger partial charge on any atom is 0.240 e. The maximum absolute atomic E-state index is 12.9.